The van der Waals surface area contributed by atoms with Gasteiger partial charge in [-0.05, 0) is 24.6 Å². The number of alkyl halides is 3. The number of nitrogens with zero attached hydrogens (tertiary/aromatic N) is 1. The minimum Gasteiger partial charge on any atom is -0.333 e. The average molecular weight is 330 g/mol. The number of carbonyl (C=O) groups is 1. The van der Waals surface area contributed by atoms with Crippen molar-refractivity contribution in [2.75, 3.05) is 13.6 Å². The van der Waals surface area contributed by atoms with Crippen molar-refractivity contribution in [1.29, 1.82) is 0 Å². The Morgan fingerprint density at radius 2 is 1.90 bits per heavy atom. The Labute approximate surface area is 118 Å². The van der Waals surface area contributed by atoms with E-state index in [1.807, 2.05) is 0 Å². The van der Waals surface area contributed by atoms with E-state index in [9.17, 15) is 26.4 Å². The van der Waals surface area contributed by atoms with Gasteiger partial charge < -0.3 is 4.90 Å². The molecule has 0 saturated heterocycles. The van der Waals surface area contributed by atoms with Crippen molar-refractivity contribution in [3.63, 3.8) is 0 Å². The van der Waals surface area contributed by atoms with Gasteiger partial charge in [-0.15, -0.1) is 0 Å². The highest BCUT2D eigenvalue weighted by molar-refractivity contribution is 8.13. The maximum Gasteiger partial charge on any atom is 0.406 e. The molecule has 0 unspecified atom stereocenters. The molecule has 0 aliphatic rings. The van der Waals surface area contributed by atoms with Crippen LogP contribution in [0.4, 0.5) is 13.2 Å². The minimum atomic E-state index is -4.53. The molecule has 0 aliphatic heterocycles. The molecule has 0 bridgehead atoms. The largest absolute Gasteiger partial charge is 0.406 e. The van der Waals surface area contributed by atoms with Crippen LogP contribution in [0, 0.1) is 6.92 Å². The highest BCUT2D eigenvalue weighted by Crippen LogP contribution is 2.22. The Hall–Kier alpha value is -1.28. The van der Waals surface area contributed by atoms with E-state index in [1.165, 1.54) is 19.1 Å². The highest BCUT2D eigenvalue weighted by Gasteiger charge is 2.31. The predicted octanol–water partition coefficient (Wildman–Crippen LogP) is 2.56. The summed E-state index contributed by atoms with van der Waals surface area (Å²) in [5.74, 6) is -0.941. The van der Waals surface area contributed by atoms with Gasteiger partial charge in [0.15, 0.2) is 0 Å². The van der Waals surface area contributed by atoms with Gasteiger partial charge in [0.05, 0.1) is 4.90 Å². The Kier molecular flexibility index (Phi) is 4.70. The molecule has 9 heteroatoms. The van der Waals surface area contributed by atoms with E-state index in [-0.39, 0.29) is 10.5 Å². The lowest BCUT2D eigenvalue weighted by Gasteiger charge is -2.19. The summed E-state index contributed by atoms with van der Waals surface area (Å²) in [7, 11) is 2.10. The first-order valence-electron chi connectivity index (χ1n) is 5.29. The molecule has 0 spiro atoms. The molecule has 0 aromatic heterocycles. The average Bonchev–Trinajstić information content (AvgIpc) is 2.24. The zero-order valence-corrected chi connectivity index (χ0v) is 12.1. The van der Waals surface area contributed by atoms with Gasteiger partial charge in [-0.2, -0.15) is 13.2 Å². The number of aryl methyl sites for hydroxylation is 1. The topological polar surface area (TPSA) is 54.5 Å². The SMILES string of the molecule is Cc1ccc(C(=O)N(C)CC(F)(F)F)cc1S(=O)(=O)Cl. The number of halogens is 4. The van der Waals surface area contributed by atoms with E-state index < -0.39 is 27.7 Å². The smallest absolute Gasteiger partial charge is 0.333 e. The van der Waals surface area contributed by atoms with E-state index in [2.05, 4.69) is 0 Å². The number of carbonyl (C=O) groups excluding carboxylic acids is 1. The molecular weight excluding hydrogens is 319 g/mol. The summed E-state index contributed by atoms with van der Waals surface area (Å²) >= 11 is 0. The Morgan fingerprint density at radius 3 is 2.35 bits per heavy atom. The standard InChI is InChI=1S/C11H11ClF3NO3S/c1-7-3-4-8(5-9(7)20(12,18)19)10(17)16(2)6-11(13,14)15/h3-5H,6H2,1-2H3. The summed E-state index contributed by atoms with van der Waals surface area (Å²) < 4.78 is 59.2. The molecule has 112 valence electrons. The first kappa shape index (κ1) is 16.8. The third-order valence-electron chi connectivity index (χ3n) is 2.46. The third-order valence-corrected chi connectivity index (χ3v) is 3.92. The summed E-state index contributed by atoms with van der Waals surface area (Å²) in [4.78, 5) is 12.0. The molecular formula is C11H11ClF3NO3S. The van der Waals surface area contributed by atoms with Crippen molar-refractivity contribution in [2.24, 2.45) is 0 Å². The molecule has 1 aromatic carbocycles. The van der Waals surface area contributed by atoms with Gasteiger partial charge in [0.1, 0.15) is 6.54 Å². The van der Waals surface area contributed by atoms with Gasteiger partial charge in [-0.1, -0.05) is 6.07 Å². The molecule has 0 saturated carbocycles. The molecule has 20 heavy (non-hydrogen) atoms. The molecule has 1 rings (SSSR count). The van der Waals surface area contributed by atoms with Crippen molar-refractivity contribution in [2.45, 2.75) is 18.0 Å². The minimum absolute atomic E-state index is 0.179. The van der Waals surface area contributed by atoms with Crippen LogP contribution in [0.1, 0.15) is 15.9 Å². The Bertz CT molecular complexity index is 628. The zero-order valence-electron chi connectivity index (χ0n) is 10.5. The lowest BCUT2D eigenvalue weighted by molar-refractivity contribution is -0.138. The van der Waals surface area contributed by atoms with Crippen LogP contribution in [0.5, 0.6) is 0 Å². The van der Waals surface area contributed by atoms with Crippen LogP contribution in [0.3, 0.4) is 0 Å². The van der Waals surface area contributed by atoms with Crippen molar-refractivity contribution in [1.82, 2.24) is 4.90 Å². The van der Waals surface area contributed by atoms with Gasteiger partial charge in [0.2, 0.25) is 0 Å². The summed E-state index contributed by atoms with van der Waals surface area (Å²) in [6.07, 6.45) is -4.53. The van der Waals surface area contributed by atoms with Gasteiger partial charge in [0.25, 0.3) is 15.0 Å². The highest BCUT2D eigenvalue weighted by atomic mass is 35.7. The van der Waals surface area contributed by atoms with Crippen molar-refractivity contribution in [3.05, 3.63) is 29.3 Å². The van der Waals surface area contributed by atoms with E-state index in [1.54, 1.807) is 0 Å². The Balaban J connectivity index is 3.13. The normalized spacial score (nSPS) is 12.3. The van der Waals surface area contributed by atoms with E-state index in [0.717, 1.165) is 13.1 Å². The van der Waals surface area contributed by atoms with Gasteiger partial charge in [-0.25, -0.2) is 8.42 Å². The quantitative estimate of drug-likeness (QED) is 0.801. The fraction of sp³-hybridized carbons (Fsp3) is 0.364. The van der Waals surface area contributed by atoms with Crippen molar-refractivity contribution < 1.29 is 26.4 Å². The van der Waals surface area contributed by atoms with E-state index in [4.69, 9.17) is 10.7 Å². The molecule has 0 N–H and O–H groups in total. The van der Waals surface area contributed by atoms with Gasteiger partial charge in [0, 0.05) is 23.3 Å². The molecule has 0 heterocycles. The number of benzene rings is 1. The van der Waals surface area contributed by atoms with Crippen molar-refractivity contribution >= 4 is 25.6 Å². The summed E-state index contributed by atoms with van der Waals surface area (Å²) in [6, 6.07) is 3.52. The van der Waals surface area contributed by atoms with Crippen molar-refractivity contribution in [3.8, 4) is 0 Å². The predicted molar refractivity (Wildman–Crippen MR) is 67.2 cm³/mol. The fourth-order valence-corrected chi connectivity index (χ4v) is 2.78. The number of hydrogen-bond donors (Lipinski definition) is 0. The molecule has 0 fully saturated rings. The molecule has 0 aliphatic carbocycles. The number of hydrogen-bond acceptors (Lipinski definition) is 3. The molecule has 4 nitrogen and oxygen atoms in total. The van der Waals surface area contributed by atoms with Crippen LogP contribution < -0.4 is 0 Å². The van der Waals surface area contributed by atoms with Gasteiger partial charge >= 0.3 is 6.18 Å². The van der Waals surface area contributed by atoms with Crippen LogP contribution in [-0.4, -0.2) is 39.0 Å². The van der Waals surface area contributed by atoms with Crippen LogP contribution >= 0.6 is 10.7 Å². The summed E-state index contributed by atoms with van der Waals surface area (Å²) in [5.41, 5.74) is 0.122. The van der Waals surface area contributed by atoms with Crippen LogP contribution in [0.25, 0.3) is 0 Å². The van der Waals surface area contributed by atoms with Crippen LogP contribution in [0.2, 0.25) is 0 Å². The summed E-state index contributed by atoms with van der Waals surface area (Å²) in [5, 5.41) is 0. The number of amides is 1. The number of rotatable bonds is 3. The third kappa shape index (κ3) is 4.38. The van der Waals surface area contributed by atoms with E-state index in [0.29, 0.717) is 10.5 Å². The first-order chi connectivity index (χ1) is 8.92. The first-order valence-corrected chi connectivity index (χ1v) is 7.60. The second-order valence-electron chi connectivity index (χ2n) is 4.19. The van der Waals surface area contributed by atoms with Gasteiger partial charge in [-0.3, -0.25) is 4.79 Å². The van der Waals surface area contributed by atoms with E-state index >= 15 is 0 Å². The second-order valence-corrected chi connectivity index (χ2v) is 6.73. The lowest BCUT2D eigenvalue weighted by atomic mass is 10.1. The van der Waals surface area contributed by atoms with Crippen LogP contribution in [-0.2, 0) is 9.05 Å². The maximum atomic E-state index is 12.2. The molecule has 1 amide bonds. The maximum absolute atomic E-state index is 12.2. The molecule has 1 aromatic rings. The molecule has 0 atom stereocenters. The monoisotopic (exact) mass is 329 g/mol. The fourth-order valence-electron chi connectivity index (χ4n) is 1.56. The summed E-state index contributed by atoms with van der Waals surface area (Å²) in [6.45, 7) is 0.0333. The Morgan fingerprint density at radius 1 is 1.35 bits per heavy atom. The lowest BCUT2D eigenvalue weighted by Crippen LogP contribution is -2.35. The zero-order chi connectivity index (χ0) is 15.7. The van der Waals surface area contributed by atoms with Crippen LogP contribution in [0.15, 0.2) is 23.1 Å². The second kappa shape index (κ2) is 5.61. The molecule has 0 radical (unpaired) electrons.